The van der Waals surface area contributed by atoms with Crippen molar-refractivity contribution in [1.82, 2.24) is 5.43 Å². The largest absolute Gasteiger partial charge is 0.271 e. The Labute approximate surface area is 43.5 Å². The Morgan fingerprint density at radius 3 is 2.50 bits per heavy atom. The van der Waals surface area contributed by atoms with E-state index in [-0.39, 0.29) is 0 Å². The number of rotatable bonds is 2. The molecule has 0 amide bonds. The van der Waals surface area contributed by atoms with Crippen LogP contribution in [0.1, 0.15) is 6.92 Å². The zero-order valence-electron chi connectivity index (χ0n) is 3.81. The average Bonchev–Trinajstić information content (AvgIpc) is 1.65. The maximum absolute atomic E-state index is 4.98. The molecule has 0 spiro atoms. The molecule has 0 bridgehead atoms. The van der Waals surface area contributed by atoms with Gasteiger partial charge in [-0.15, -0.1) is 0 Å². The third-order valence-corrected chi connectivity index (χ3v) is 1.11. The fourth-order valence-electron chi connectivity index (χ4n) is 0.0527. The summed E-state index contributed by atoms with van der Waals surface area (Å²) in [6.07, 6.45) is 0. The predicted molar refractivity (Wildman–Crippen MR) is 30.6 cm³/mol. The second-order valence-electron chi connectivity index (χ2n) is 1.25. The van der Waals surface area contributed by atoms with Gasteiger partial charge in [-0.2, -0.15) is 12.6 Å². The molecule has 3 heteroatoms. The van der Waals surface area contributed by atoms with Gasteiger partial charge in [-0.25, -0.2) is 0 Å². The van der Waals surface area contributed by atoms with Crippen molar-refractivity contribution < 1.29 is 0 Å². The Balaban J connectivity index is 2.75. The molecule has 0 fully saturated rings. The van der Waals surface area contributed by atoms with Crippen LogP contribution in [0.3, 0.4) is 0 Å². The van der Waals surface area contributed by atoms with E-state index in [2.05, 4.69) is 18.1 Å². The van der Waals surface area contributed by atoms with Crippen molar-refractivity contribution in [1.29, 1.82) is 0 Å². The monoisotopic (exact) mass is 106 g/mol. The molecule has 0 heterocycles. The van der Waals surface area contributed by atoms with Gasteiger partial charge in [0.25, 0.3) is 0 Å². The fourth-order valence-corrected chi connectivity index (χ4v) is 0.158. The van der Waals surface area contributed by atoms with Crippen LogP contribution in [0.25, 0.3) is 0 Å². The highest BCUT2D eigenvalue weighted by Gasteiger charge is 1.88. The SMILES string of the molecule is C[C@H](CS)NN. The van der Waals surface area contributed by atoms with Gasteiger partial charge in [0, 0.05) is 11.8 Å². The van der Waals surface area contributed by atoms with Gasteiger partial charge in [0.05, 0.1) is 0 Å². The number of nitrogens with one attached hydrogen (secondary N) is 1. The minimum atomic E-state index is 0.327. The molecule has 1 atom stereocenters. The zero-order chi connectivity index (χ0) is 4.99. The van der Waals surface area contributed by atoms with Crippen molar-refractivity contribution in [2.75, 3.05) is 5.75 Å². The minimum Gasteiger partial charge on any atom is -0.271 e. The van der Waals surface area contributed by atoms with E-state index in [9.17, 15) is 0 Å². The number of hydrogen-bond donors (Lipinski definition) is 3. The van der Waals surface area contributed by atoms with Crippen LogP contribution in [0, 0.1) is 0 Å². The summed E-state index contributed by atoms with van der Waals surface area (Å²) in [6, 6.07) is 0.327. The molecule has 0 aliphatic rings. The van der Waals surface area contributed by atoms with Crippen LogP contribution in [0.4, 0.5) is 0 Å². The zero-order valence-corrected chi connectivity index (χ0v) is 4.70. The molecule has 0 radical (unpaired) electrons. The van der Waals surface area contributed by atoms with E-state index in [0.717, 1.165) is 5.75 Å². The second kappa shape index (κ2) is 3.46. The van der Waals surface area contributed by atoms with Crippen LogP contribution in [0.2, 0.25) is 0 Å². The molecule has 2 nitrogen and oxygen atoms in total. The van der Waals surface area contributed by atoms with Gasteiger partial charge in [-0.1, -0.05) is 0 Å². The Hall–Kier alpha value is 0.270. The highest BCUT2D eigenvalue weighted by Crippen LogP contribution is 1.78. The van der Waals surface area contributed by atoms with Crippen LogP contribution in [0.15, 0.2) is 0 Å². The van der Waals surface area contributed by atoms with E-state index in [1.165, 1.54) is 0 Å². The maximum atomic E-state index is 4.98. The fraction of sp³-hybridized carbons (Fsp3) is 1.00. The summed E-state index contributed by atoms with van der Waals surface area (Å²) in [4.78, 5) is 0. The number of nitrogens with two attached hydrogens (primary N) is 1. The summed E-state index contributed by atoms with van der Waals surface area (Å²) in [5.74, 6) is 5.77. The second-order valence-corrected chi connectivity index (χ2v) is 1.62. The molecule has 0 aliphatic heterocycles. The molecule has 6 heavy (non-hydrogen) atoms. The first kappa shape index (κ1) is 6.27. The Morgan fingerprint density at radius 2 is 2.50 bits per heavy atom. The van der Waals surface area contributed by atoms with E-state index < -0.39 is 0 Å². The molecule has 0 saturated heterocycles. The third kappa shape index (κ3) is 2.50. The first-order valence-corrected chi connectivity index (χ1v) is 2.51. The normalized spacial score (nSPS) is 14.5. The van der Waals surface area contributed by atoms with Crippen LogP contribution in [-0.4, -0.2) is 11.8 Å². The molecular formula is C3H10N2S. The van der Waals surface area contributed by atoms with Gasteiger partial charge < -0.3 is 0 Å². The van der Waals surface area contributed by atoms with Crippen molar-refractivity contribution in [2.24, 2.45) is 5.84 Å². The molecule has 3 N–H and O–H groups in total. The molecule has 0 saturated carbocycles. The molecular weight excluding hydrogens is 96.1 g/mol. The summed E-state index contributed by atoms with van der Waals surface area (Å²) in [5, 5.41) is 0. The van der Waals surface area contributed by atoms with Gasteiger partial charge in [-0.3, -0.25) is 11.3 Å². The first-order chi connectivity index (χ1) is 2.81. The topological polar surface area (TPSA) is 38.0 Å². The number of thiol groups is 1. The lowest BCUT2D eigenvalue weighted by Crippen LogP contribution is -2.33. The molecule has 0 aliphatic carbocycles. The standard InChI is InChI=1S/C3H10N2S/c1-3(2-6)5-4/h3,5-6H,2,4H2,1H3/t3-/m1/s1. The predicted octanol–water partition coefficient (Wildman–Crippen LogP) is -0.232. The van der Waals surface area contributed by atoms with Gasteiger partial charge in [0.1, 0.15) is 0 Å². The maximum Gasteiger partial charge on any atom is 0.0270 e. The van der Waals surface area contributed by atoms with Gasteiger partial charge in [-0.05, 0) is 6.92 Å². The summed E-state index contributed by atoms with van der Waals surface area (Å²) < 4.78 is 0. The highest BCUT2D eigenvalue weighted by molar-refractivity contribution is 7.80. The molecule has 38 valence electrons. The van der Waals surface area contributed by atoms with E-state index >= 15 is 0 Å². The van der Waals surface area contributed by atoms with Crippen molar-refractivity contribution in [3.8, 4) is 0 Å². The van der Waals surface area contributed by atoms with Crippen molar-refractivity contribution in [3.63, 3.8) is 0 Å². The highest BCUT2D eigenvalue weighted by atomic mass is 32.1. The lowest BCUT2D eigenvalue weighted by molar-refractivity contribution is 0.627. The van der Waals surface area contributed by atoms with Gasteiger partial charge >= 0.3 is 0 Å². The lowest BCUT2D eigenvalue weighted by Gasteiger charge is -2.01. The van der Waals surface area contributed by atoms with E-state index in [1.807, 2.05) is 6.92 Å². The van der Waals surface area contributed by atoms with Crippen LogP contribution >= 0.6 is 12.6 Å². The van der Waals surface area contributed by atoms with Crippen LogP contribution in [-0.2, 0) is 0 Å². The summed E-state index contributed by atoms with van der Waals surface area (Å²) >= 11 is 3.95. The average molecular weight is 106 g/mol. The summed E-state index contributed by atoms with van der Waals surface area (Å²) in [7, 11) is 0. The number of hydrogen-bond acceptors (Lipinski definition) is 3. The van der Waals surface area contributed by atoms with Crippen molar-refractivity contribution in [3.05, 3.63) is 0 Å². The minimum absolute atomic E-state index is 0.327. The van der Waals surface area contributed by atoms with Gasteiger partial charge in [0.15, 0.2) is 0 Å². The molecule has 0 rings (SSSR count). The number of hydrazine groups is 1. The molecule has 0 aromatic heterocycles. The Kier molecular flexibility index (Phi) is 3.62. The van der Waals surface area contributed by atoms with Crippen molar-refractivity contribution >= 4 is 12.6 Å². The Bertz CT molecular complexity index is 28.0. The molecule has 0 aromatic rings. The molecule has 0 aromatic carbocycles. The van der Waals surface area contributed by atoms with E-state index in [1.54, 1.807) is 0 Å². The van der Waals surface area contributed by atoms with Crippen LogP contribution < -0.4 is 11.3 Å². The summed E-state index contributed by atoms with van der Waals surface area (Å²) in [5.41, 5.74) is 2.54. The van der Waals surface area contributed by atoms with Crippen LogP contribution in [0.5, 0.6) is 0 Å². The first-order valence-electron chi connectivity index (χ1n) is 1.88. The molecule has 0 unspecified atom stereocenters. The third-order valence-electron chi connectivity index (χ3n) is 0.558. The van der Waals surface area contributed by atoms with Gasteiger partial charge in [0.2, 0.25) is 0 Å². The van der Waals surface area contributed by atoms with E-state index in [0.29, 0.717) is 6.04 Å². The smallest absolute Gasteiger partial charge is 0.0270 e. The summed E-state index contributed by atoms with van der Waals surface area (Å²) in [6.45, 7) is 1.97. The quantitative estimate of drug-likeness (QED) is 0.258. The lowest BCUT2D eigenvalue weighted by atomic mass is 10.4. The Morgan fingerprint density at radius 1 is 2.00 bits per heavy atom. The van der Waals surface area contributed by atoms with Crippen molar-refractivity contribution in [2.45, 2.75) is 13.0 Å². The van der Waals surface area contributed by atoms with E-state index in [4.69, 9.17) is 5.84 Å².